The van der Waals surface area contributed by atoms with Crippen molar-refractivity contribution in [3.63, 3.8) is 0 Å². The molecule has 0 heterocycles. The topological polar surface area (TPSA) is 40.9 Å². The minimum Gasteiger partial charge on any atom is -0.294 e. The summed E-state index contributed by atoms with van der Waals surface area (Å²) < 4.78 is 13.7. The highest BCUT2D eigenvalue weighted by molar-refractivity contribution is 9.10. The summed E-state index contributed by atoms with van der Waals surface area (Å²) in [6.07, 6.45) is 1.64. The van der Waals surface area contributed by atoms with Crippen LogP contribution in [0.4, 0.5) is 4.39 Å². The Labute approximate surface area is 94.8 Å². The first-order valence-corrected chi connectivity index (χ1v) is 5.36. The van der Waals surface area contributed by atoms with Gasteiger partial charge in [0.25, 0.3) is 0 Å². The molecule has 4 heteroatoms. The lowest BCUT2D eigenvalue weighted by molar-refractivity contribution is 0.0963. The second kappa shape index (κ2) is 3.74. The Balaban J connectivity index is 2.53. The molecule has 0 aromatic heterocycles. The van der Waals surface area contributed by atoms with Gasteiger partial charge in [0, 0.05) is 10.4 Å². The molecule has 0 spiro atoms. The van der Waals surface area contributed by atoms with Crippen molar-refractivity contribution in [2.45, 2.75) is 12.8 Å². The van der Waals surface area contributed by atoms with Crippen LogP contribution in [-0.4, -0.2) is 5.78 Å². The van der Waals surface area contributed by atoms with Crippen LogP contribution >= 0.6 is 15.9 Å². The third kappa shape index (κ3) is 1.80. The number of carbonyl (C=O) groups is 1. The van der Waals surface area contributed by atoms with Crippen molar-refractivity contribution in [2.24, 2.45) is 5.92 Å². The first kappa shape index (κ1) is 10.3. The average Bonchev–Trinajstić information content (AvgIpc) is 3.01. The van der Waals surface area contributed by atoms with E-state index in [0.29, 0.717) is 5.56 Å². The zero-order valence-corrected chi connectivity index (χ0v) is 9.34. The van der Waals surface area contributed by atoms with Gasteiger partial charge in [-0.15, -0.1) is 0 Å². The van der Waals surface area contributed by atoms with E-state index in [1.54, 1.807) is 0 Å². The summed E-state index contributed by atoms with van der Waals surface area (Å²) in [6.45, 7) is 0. The smallest absolute Gasteiger partial charge is 0.170 e. The number of carbonyl (C=O) groups excluding carboxylic acids is 1. The van der Waals surface area contributed by atoms with Gasteiger partial charge in [0.05, 0.1) is 11.1 Å². The molecule has 0 N–H and O–H groups in total. The first-order valence-electron chi connectivity index (χ1n) is 4.57. The Hall–Kier alpha value is -1.21. The SMILES string of the molecule is N#Cc1ccc(F)c(C(=O)C2CC2)c1Br. The van der Waals surface area contributed by atoms with E-state index in [9.17, 15) is 9.18 Å². The van der Waals surface area contributed by atoms with E-state index in [4.69, 9.17) is 5.26 Å². The van der Waals surface area contributed by atoms with Crippen LogP contribution in [0, 0.1) is 23.1 Å². The van der Waals surface area contributed by atoms with Gasteiger partial charge in [-0.2, -0.15) is 5.26 Å². The number of ketones is 1. The number of hydrogen-bond acceptors (Lipinski definition) is 2. The maximum absolute atomic E-state index is 13.4. The molecule has 1 saturated carbocycles. The van der Waals surface area contributed by atoms with Crippen molar-refractivity contribution < 1.29 is 9.18 Å². The van der Waals surface area contributed by atoms with Gasteiger partial charge in [-0.25, -0.2) is 4.39 Å². The molecule has 0 atom stereocenters. The van der Waals surface area contributed by atoms with Gasteiger partial charge in [-0.3, -0.25) is 4.79 Å². The fourth-order valence-corrected chi connectivity index (χ4v) is 2.02. The Morgan fingerprint density at radius 1 is 1.53 bits per heavy atom. The van der Waals surface area contributed by atoms with Gasteiger partial charge in [0.1, 0.15) is 11.9 Å². The molecule has 76 valence electrons. The van der Waals surface area contributed by atoms with Crippen molar-refractivity contribution >= 4 is 21.7 Å². The lowest BCUT2D eigenvalue weighted by Crippen LogP contribution is -2.06. The van der Waals surface area contributed by atoms with Gasteiger partial charge in [0.2, 0.25) is 0 Å². The fourth-order valence-electron chi connectivity index (χ4n) is 1.41. The molecule has 1 aromatic carbocycles. The van der Waals surface area contributed by atoms with Crippen LogP contribution < -0.4 is 0 Å². The van der Waals surface area contributed by atoms with Crippen molar-refractivity contribution in [3.8, 4) is 6.07 Å². The second-order valence-corrected chi connectivity index (χ2v) is 4.33. The fraction of sp³-hybridized carbons (Fsp3) is 0.273. The molecule has 0 saturated heterocycles. The quantitative estimate of drug-likeness (QED) is 0.773. The monoisotopic (exact) mass is 267 g/mol. The lowest BCUT2D eigenvalue weighted by Gasteiger charge is -2.05. The predicted octanol–water partition coefficient (Wildman–Crippen LogP) is 3.05. The summed E-state index contributed by atoms with van der Waals surface area (Å²) in [5, 5.41) is 8.76. The summed E-state index contributed by atoms with van der Waals surface area (Å²) in [5.74, 6) is -0.806. The van der Waals surface area contributed by atoms with Crippen LogP contribution in [0.15, 0.2) is 16.6 Å². The second-order valence-electron chi connectivity index (χ2n) is 3.53. The molecule has 1 aliphatic carbocycles. The predicted molar refractivity (Wildman–Crippen MR) is 55.9 cm³/mol. The number of Topliss-reactive ketones (excluding diaryl/α,β-unsaturated/α-hetero) is 1. The zero-order chi connectivity index (χ0) is 11.0. The molecular weight excluding hydrogens is 261 g/mol. The van der Waals surface area contributed by atoms with E-state index in [0.717, 1.165) is 12.8 Å². The summed E-state index contributed by atoms with van der Waals surface area (Å²) in [5.41, 5.74) is 0.317. The van der Waals surface area contributed by atoms with E-state index in [-0.39, 0.29) is 21.7 Å². The maximum Gasteiger partial charge on any atom is 0.170 e. The number of nitriles is 1. The molecule has 0 bridgehead atoms. The Kier molecular flexibility index (Phi) is 2.57. The number of hydrogen-bond donors (Lipinski definition) is 0. The van der Waals surface area contributed by atoms with Crippen molar-refractivity contribution in [1.29, 1.82) is 5.26 Å². The molecule has 1 aliphatic rings. The standard InChI is InChI=1S/C11H7BrFNO/c12-10-7(5-14)3-4-8(13)9(10)11(15)6-1-2-6/h3-4,6H,1-2H2. The normalized spacial score (nSPS) is 14.7. The highest BCUT2D eigenvalue weighted by atomic mass is 79.9. The highest BCUT2D eigenvalue weighted by Crippen LogP contribution is 2.36. The lowest BCUT2D eigenvalue weighted by atomic mass is 10.0. The Bertz CT molecular complexity index is 474. The van der Waals surface area contributed by atoms with E-state index in [1.165, 1.54) is 12.1 Å². The molecule has 1 aromatic rings. The van der Waals surface area contributed by atoms with Crippen LogP contribution in [0.3, 0.4) is 0 Å². The van der Waals surface area contributed by atoms with Crippen molar-refractivity contribution in [1.82, 2.24) is 0 Å². The minimum absolute atomic E-state index is 0.0246. The van der Waals surface area contributed by atoms with Crippen LogP contribution in [0.25, 0.3) is 0 Å². The molecule has 0 radical (unpaired) electrons. The van der Waals surface area contributed by atoms with E-state index in [2.05, 4.69) is 15.9 Å². The summed E-state index contributed by atoms with van der Waals surface area (Å²) >= 11 is 3.11. The molecule has 1 fully saturated rings. The molecule has 0 aliphatic heterocycles. The molecule has 2 rings (SSSR count). The molecular formula is C11H7BrFNO. The van der Waals surface area contributed by atoms with E-state index >= 15 is 0 Å². The van der Waals surface area contributed by atoms with E-state index < -0.39 is 5.82 Å². The number of nitrogens with zero attached hydrogens (tertiary/aromatic N) is 1. The number of rotatable bonds is 2. The summed E-state index contributed by atoms with van der Waals surface area (Å²) in [7, 11) is 0. The summed E-state index contributed by atoms with van der Waals surface area (Å²) in [4.78, 5) is 11.7. The molecule has 0 unspecified atom stereocenters. The van der Waals surface area contributed by atoms with Crippen LogP contribution in [0.1, 0.15) is 28.8 Å². The van der Waals surface area contributed by atoms with Crippen molar-refractivity contribution in [3.05, 3.63) is 33.5 Å². The van der Waals surface area contributed by atoms with Gasteiger partial charge in [-0.05, 0) is 40.9 Å². The zero-order valence-electron chi connectivity index (χ0n) is 7.76. The van der Waals surface area contributed by atoms with Crippen LogP contribution in [0.2, 0.25) is 0 Å². The third-order valence-electron chi connectivity index (χ3n) is 2.41. The third-order valence-corrected chi connectivity index (χ3v) is 3.23. The number of benzene rings is 1. The number of halogens is 2. The Morgan fingerprint density at radius 3 is 2.73 bits per heavy atom. The van der Waals surface area contributed by atoms with Gasteiger partial charge in [0.15, 0.2) is 5.78 Å². The summed E-state index contributed by atoms with van der Waals surface area (Å²) in [6, 6.07) is 4.44. The minimum atomic E-state index is -0.558. The molecule has 2 nitrogen and oxygen atoms in total. The largest absolute Gasteiger partial charge is 0.294 e. The van der Waals surface area contributed by atoms with E-state index in [1.807, 2.05) is 6.07 Å². The molecule has 0 amide bonds. The highest BCUT2D eigenvalue weighted by Gasteiger charge is 2.33. The van der Waals surface area contributed by atoms with Gasteiger partial charge < -0.3 is 0 Å². The Morgan fingerprint density at radius 2 is 2.20 bits per heavy atom. The van der Waals surface area contributed by atoms with Gasteiger partial charge in [-0.1, -0.05) is 0 Å². The maximum atomic E-state index is 13.4. The average molecular weight is 268 g/mol. The van der Waals surface area contributed by atoms with Crippen LogP contribution in [-0.2, 0) is 0 Å². The van der Waals surface area contributed by atoms with Crippen molar-refractivity contribution in [2.75, 3.05) is 0 Å². The van der Waals surface area contributed by atoms with Crippen LogP contribution in [0.5, 0.6) is 0 Å². The van der Waals surface area contributed by atoms with Gasteiger partial charge >= 0.3 is 0 Å². The first-order chi connectivity index (χ1) is 7.15. The molecule has 15 heavy (non-hydrogen) atoms.